The number of hydrogen-bond acceptors (Lipinski definition) is 3. The van der Waals surface area contributed by atoms with Crippen LogP contribution < -0.4 is 0 Å². The topological polar surface area (TPSA) is 40.6 Å². The summed E-state index contributed by atoms with van der Waals surface area (Å²) >= 11 is 4.24. The lowest BCUT2D eigenvalue weighted by atomic mass is 10.2. The van der Waals surface area contributed by atoms with Crippen LogP contribution >= 0.6 is 12.6 Å². The fourth-order valence-corrected chi connectivity index (χ4v) is 1.85. The lowest BCUT2D eigenvalue weighted by Crippen LogP contribution is -2.42. The maximum absolute atomic E-state index is 11.6. The quantitative estimate of drug-likeness (QED) is 0.571. The number of unbranched alkanes of at least 4 members (excludes halogenated alkanes) is 1. The molecule has 1 aliphatic rings. The van der Waals surface area contributed by atoms with Crippen molar-refractivity contribution in [3.05, 3.63) is 0 Å². The molecule has 1 atom stereocenters. The van der Waals surface area contributed by atoms with Crippen LogP contribution in [0, 0.1) is 0 Å². The van der Waals surface area contributed by atoms with Crippen LogP contribution in [0.4, 0.5) is 4.79 Å². The molecule has 1 fully saturated rings. The second-order valence-corrected chi connectivity index (χ2v) is 4.54. The highest BCUT2D eigenvalue weighted by molar-refractivity contribution is 7.82. The molecule has 0 N–H and O–H groups in total. The molecule has 0 saturated carbocycles. The van der Waals surface area contributed by atoms with Crippen LogP contribution in [0.2, 0.25) is 0 Å². The third kappa shape index (κ3) is 1.61. The van der Waals surface area contributed by atoms with Crippen molar-refractivity contribution in [3.63, 3.8) is 0 Å². The molecule has 0 radical (unpaired) electrons. The molecule has 0 aromatic rings. The summed E-state index contributed by atoms with van der Waals surface area (Å²) in [6.07, 6.45) is 1.88. The molecule has 14 heavy (non-hydrogen) atoms. The van der Waals surface area contributed by atoms with E-state index in [1.807, 2.05) is 6.92 Å². The van der Waals surface area contributed by atoms with Crippen molar-refractivity contribution in [2.24, 2.45) is 0 Å². The van der Waals surface area contributed by atoms with Gasteiger partial charge in [0.15, 0.2) is 4.87 Å². The third-order valence-corrected chi connectivity index (χ3v) is 2.92. The minimum absolute atomic E-state index is 0.248. The minimum atomic E-state index is -0.971. The first-order valence-corrected chi connectivity index (χ1v) is 5.19. The van der Waals surface area contributed by atoms with Gasteiger partial charge in [-0.05, 0) is 13.3 Å². The SMILES string of the molecule is CCCCN1C(=O)N(C)C(=O)C1(C)S. The fraction of sp³-hybridized carbons (Fsp3) is 0.778. The largest absolute Gasteiger partial charge is 0.328 e. The van der Waals surface area contributed by atoms with Crippen LogP contribution in [0.25, 0.3) is 0 Å². The smallest absolute Gasteiger partial charge is 0.301 e. The lowest BCUT2D eigenvalue weighted by molar-refractivity contribution is -0.128. The van der Waals surface area contributed by atoms with E-state index >= 15 is 0 Å². The zero-order valence-electron chi connectivity index (χ0n) is 8.78. The molecule has 0 aromatic carbocycles. The molecule has 0 bridgehead atoms. The van der Waals surface area contributed by atoms with Crippen molar-refractivity contribution in [2.75, 3.05) is 13.6 Å². The van der Waals surface area contributed by atoms with E-state index < -0.39 is 4.87 Å². The summed E-state index contributed by atoms with van der Waals surface area (Å²) in [7, 11) is 1.49. The van der Waals surface area contributed by atoms with Gasteiger partial charge in [0.25, 0.3) is 5.91 Å². The van der Waals surface area contributed by atoms with Gasteiger partial charge in [-0.15, -0.1) is 12.6 Å². The molecule has 80 valence electrons. The summed E-state index contributed by atoms with van der Waals surface area (Å²) in [5.41, 5.74) is 0. The Bertz CT molecular complexity index is 266. The molecule has 1 aliphatic heterocycles. The van der Waals surface area contributed by atoms with Gasteiger partial charge in [-0.3, -0.25) is 9.69 Å². The molecule has 1 saturated heterocycles. The van der Waals surface area contributed by atoms with Gasteiger partial charge in [-0.2, -0.15) is 0 Å². The van der Waals surface area contributed by atoms with Gasteiger partial charge in [0.2, 0.25) is 0 Å². The van der Waals surface area contributed by atoms with Crippen LogP contribution in [0.5, 0.6) is 0 Å². The number of likely N-dealkylation sites (N-methyl/N-ethyl adjacent to an activating group) is 1. The highest BCUT2D eigenvalue weighted by atomic mass is 32.1. The van der Waals surface area contributed by atoms with Crippen LogP contribution in [0.1, 0.15) is 26.7 Å². The molecular weight excluding hydrogens is 200 g/mol. The Morgan fingerprint density at radius 1 is 1.43 bits per heavy atom. The molecule has 1 heterocycles. The number of amides is 3. The van der Waals surface area contributed by atoms with Crippen LogP contribution in [-0.4, -0.2) is 40.2 Å². The predicted molar refractivity (Wildman–Crippen MR) is 57.2 cm³/mol. The number of carbonyl (C=O) groups is 2. The Kier molecular flexibility index (Phi) is 3.09. The number of carbonyl (C=O) groups excluding carboxylic acids is 2. The summed E-state index contributed by atoms with van der Waals surface area (Å²) in [6.45, 7) is 4.29. The summed E-state index contributed by atoms with van der Waals surface area (Å²) < 4.78 is 0. The number of rotatable bonds is 3. The van der Waals surface area contributed by atoms with Crippen molar-refractivity contribution in [2.45, 2.75) is 31.6 Å². The summed E-state index contributed by atoms with van der Waals surface area (Å²) in [4.78, 5) is 24.9. The third-order valence-electron chi connectivity index (χ3n) is 2.49. The lowest BCUT2D eigenvalue weighted by Gasteiger charge is -2.26. The number of nitrogens with zero attached hydrogens (tertiary/aromatic N) is 2. The fourth-order valence-electron chi connectivity index (χ4n) is 1.52. The van der Waals surface area contributed by atoms with Gasteiger partial charge in [0.05, 0.1) is 0 Å². The molecule has 0 aromatic heterocycles. The van der Waals surface area contributed by atoms with Crippen molar-refractivity contribution in [3.8, 4) is 0 Å². The summed E-state index contributed by atoms with van der Waals surface area (Å²) in [5, 5.41) is 0. The molecule has 1 rings (SSSR count). The van der Waals surface area contributed by atoms with E-state index in [0.717, 1.165) is 17.7 Å². The summed E-state index contributed by atoms with van der Waals surface area (Å²) in [6, 6.07) is -0.249. The highest BCUT2D eigenvalue weighted by Gasteiger charge is 2.50. The standard InChI is InChI=1S/C9H16N2O2S/c1-4-5-6-11-8(13)10(3)7(12)9(11,2)14/h14H,4-6H2,1-3H3. The van der Waals surface area contributed by atoms with Gasteiger partial charge < -0.3 is 4.90 Å². The van der Waals surface area contributed by atoms with Crippen molar-refractivity contribution in [1.29, 1.82) is 0 Å². The average molecular weight is 216 g/mol. The molecule has 4 nitrogen and oxygen atoms in total. The van der Waals surface area contributed by atoms with Crippen molar-refractivity contribution < 1.29 is 9.59 Å². The maximum atomic E-state index is 11.6. The average Bonchev–Trinajstić information content (AvgIpc) is 2.27. The number of urea groups is 1. The number of hydrogen-bond donors (Lipinski definition) is 1. The van der Waals surface area contributed by atoms with Gasteiger partial charge in [0, 0.05) is 13.6 Å². The Balaban J connectivity index is 2.83. The Labute approximate surface area is 89.7 Å². The van der Waals surface area contributed by atoms with Crippen LogP contribution in [0.15, 0.2) is 0 Å². The normalized spacial score (nSPS) is 27.7. The molecule has 3 amide bonds. The number of thiol groups is 1. The van der Waals surface area contributed by atoms with Crippen molar-refractivity contribution >= 4 is 24.6 Å². The predicted octanol–water partition coefficient (Wildman–Crippen LogP) is 1.33. The van der Waals surface area contributed by atoms with E-state index in [0.29, 0.717) is 6.54 Å². The zero-order valence-corrected chi connectivity index (χ0v) is 9.67. The first-order valence-electron chi connectivity index (χ1n) is 4.75. The Morgan fingerprint density at radius 2 is 2.00 bits per heavy atom. The van der Waals surface area contributed by atoms with Crippen LogP contribution in [0.3, 0.4) is 0 Å². The van der Waals surface area contributed by atoms with Gasteiger partial charge in [-0.1, -0.05) is 13.3 Å². The highest BCUT2D eigenvalue weighted by Crippen LogP contribution is 2.30. The second kappa shape index (κ2) is 3.81. The molecule has 1 unspecified atom stereocenters. The van der Waals surface area contributed by atoms with E-state index in [4.69, 9.17) is 0 Å². The van der Waals surface area contributed by atoms with E-state index in [2.05, 4.69) is 12.6 Å². The van der Waals surface area contributed by atoms with E-state index in [1.54, 1.807) is 6.92 Å². The molecule has 0 aliphatic carbocycles. The maximum Gasteiger partial charge on any atom is 0.328 e. The number of imide groups is 1. The van der Waals surface area contributed by atoms with E-state index in [-0.39, 0.29) is 11.9 Å². The molecular formula is C9H16N2O2S. The van der Waals surface area contributed by atoms with E-state index in [1.165, 1.54) is 11.9 Å². The molecule has 0 spiro atoms. The monoisotopic (exact) mass is 216 g/mol. The Morgan fingerprint density at radius 3 is 2.36 bits per heavy atom. The van der Waals surface area contributed by atoms with Crippen molar-refractivity contribution in [1.82, 2.24) is 9.80 Å². The van der Waals surface area contributed by atoms with Crippen LogP contribution in [-0.2, 0) is 4.79 Å². The van der Waals surface area contributed by atoms with Gasteiger partial charge in [-0.25, -0.2) is 4.79 Å². The minimum Gasteiger partial charge on any atom is -0.301 e. The molecule has 5 heteroatoms. The van der Waals surface area contributed by atoms with Gasteiger partial charge in [0.1, 0.15) is 0 Å². The van der Waals surface area contributed by atoms with E-state index in [9.17, 15) is 9.59 Å². The zero-order chi connectivity index (χ0) is 10.9. The second-order valence-electron chi connectivity index (χ2n) is 3.67. The Hall–Kier alpha value is -0.710. The first-order chi connectivity index (χ1) is 6.42. The first kappa shape index (κ1) is 11.4. The summed E-state index contributed by atoms with van der Waals surface area (Å²) in [5.74, 6) is -0.248. The van der Waals surface area contributed by atoms with Gasteiger partial charge >= 0.3 is 6.03 Å².